The maximum absolute atomic E-state index is 9.87. The molecule has 0 fully saturated rings. The van der Waals surface area contributed by atoms with Crippen molar-refractivity contribution in [2.75, 3.05) is 16.8 Å². The van der Waals surface area contributed by atoms with Crippen molar-refractivity contribution < 1.29 is 10.2 Å². The van der Waals surface area contributed by atoms with Crippen LogP contribution in [-0.4, -0.2) is 10.2 Å². The lowest BCUT2D eigenvalue weighted by Gasteiger charge is -2.14. The van der Waals surface area contributed by atoms with Crippen molar-refractivity contribution in [1.82, 2.24) is 0 Å². The van der Waals surface area contributed by atoms with Crippen molar-refractivity contribution in [3.05, 3.63) is 35.4 Å². The van der Waals surface area contributed by atoms with Gasteiger partial charge in [0.2, 0.25) is 0 Å². The molecule has 19 heavy (non-hydrogen) atoms. The molecule has 0 bridgehead atoms. The number of hydrogen-bond donors (Lipinski definition) is 5. The minimum atomic E-state index is 0.0752. The first-order valence-electron chi connectivity index (χ1n) is 5.83. The van der Waals surface area contributed by atoms with Gasteiger partial charge >= 0.3 is 0 Å². The van der Waals surface area contributed by atoms with E-state index in [1.165, 1.54) is 6.07 Å². The van der Waals surface area contributed by atoms with E-state index in [2.05, 4.69) is 5.32 Å². The largest absolute Gasteiger partial charge is 0.508 e. The maximum Gasteiger partial charge on any atom is 0.139 e. The second kappa shape index (κ2) is 4.61. The van der Waals surface area contributed by atoms with Crippen molar-refractivity contribution in [3.8, 4) is 11.5 Å². The average Bonchev–Trinajstić information content (AvgIpc) is 2.32. The van der Waals surface area contributed by atoms with Gasteiger partial charge in [-0.25, -0.2) is 0 Å². The number of aryl methyl sites for hydroxylation is 2. The number of aromatic hydroxyl groups is 2. The second-order valence-electron chi connectivity index (χ2n) is 4.58. The maximum atomic E-state index is 9.87. The number of phenols is 2. The number of nitrogen functional groups attached to an aromatic ring is 2. The summed E-state index contributed by atoms with van der Waals surface area (Å²) in [5.41, 5.74) is 15.2. The molecule has 0 aliphatic heterocycles. The molecule has 2 aromatic rings. The van der Waals surface area contributed by atoms with Crippen LogP contribution in [0.1, 0.15) is 11.1 Å². The van der Waals surface area contributed by atoms with Gasteiger partial charge in [-0.05, 0) is 43.2 Å². The smallest absolute Gasteiger partial charge is 0.139 e. The van der Waals surface area contributed by atoms with E-state index in [1.807, 2.05) is 6.92 Å². The molecule has 0 heterocycles. The molecule has 0 atom stereocenters. The summed E-state index contributed by atoms with van der Waals surface area (Å²) in [5.74, 6) is 0.211. The van der Waals surface area contributed by atoms with Crippen molar-refractivity contribution in [3.63, 3.8) is 0 Å². The highest BCUT2D eigenvalue weighted by molar-refractivity contribution is 5.79. The highest BCUT2D eigenvalue weighted by atomic mass is 16.3. The van der Waals surface area contributed by atoms with Crippen LogP contribution in [0.2, 0.25) is 0 Å². The molecule has 0 saturated heterocycles. The summed E-state index contributed by atoms with van der Waals surface area (Å²) in [6, 6.07) is 6.37. The third-order valence-corrected chi connectivity index (χ3v) is 3.02. The summed E-state index contributed by atoms with van der Waals surface area (Å²) >= 11 is 0. The molecule has 100 valence electrons. The van der Waals surface area contributed by atoms with Gasteiger partial charge in [-0.15, -0.1) is 0 Å². The zero-order chi connectivity index (χ0) is 14.2. The summed E-state index contributed by atoms with van der Waals surface area (Å²) in [4.78, 5) is 0. The molecule has 2 rings (SSSR count). The van der Waals surface area contributed by atoms with Gasteiger partial charge < -0.3 is 27.0 Å². The molecule has 0 spiro atoms. The number of nitrogens with one attached hydrogen (secondary N) is 1. The van der Waals surface area contributed by atoms with Gasteiger partial charge in [0.25, 0.3) is 0 Å². The van der Waals surface area contributed by atoms with Crippen LogP contribution in [0.25, 0.3) is 0 Å². The normalized spacial score (nSPS) is 10.4. The van der Waals surface area contributed by atoms with Gasteiger partial charge in [-0.2, -0.15) is 0 Å². The number of anilines is 4. The molecule has 0 radical (unpaired) electrons. The molecule has 0 saturated carbocycles. The molecule has 7 N–H and O–H groups in total. The van der Waals surface area contributed by atoms with Crippen LogP contribution in [0.5, 0.6) is 11.5 Å². The van der Waals surface area contributed by atoms with E-state index in [9.17, 15) is 10.2 Å². The van der Waals surface area contributed by atoms with Gasteiger partial charge in [0, 0.05) is 11.8 Å². The second-order valence-corrected chi connectivity index (χ2v) is 4.58. The van der Waals surface area contributed by atoms with Crippen LogP contribution in [-0.2, 0) is 0 Å². The van der Waals surface area contributed by atoms with Crippen LogP contribution in [0, 0.1) is 13.8 Å². The van der Waals surface area contributed by atoms with E-state index in [-0.39, 0.29) is 11.5 Å². The number of hydrogen-bond acceptors (Lipinski definition) is 5. The lowest BCUT2D eigenvalue weighted by atomic mass is 10.1. The molecule has 0 aliphatic carbocycles. The van der Waals surface area contributed by atoms with E-state index in [0.717, 1.165) is 5.56 Å². The van der Waals surface area contributed by atoms with Crippen molar-refractivity contribution >= 4 is 22.7 Å². The van der Waals surface area contributed by atoms with Crippen molar-refractivity contribution in [2.24, 2.45) is 0 Å². The summed E-state index contributed by atoms with van der Waals surface area (Å²) in [6.45, 7) is 3.57. The Labute approximate surface area is 111 Å². The lowest BCUT2D eigenvalue weighted by molar-refractivity contribution is 0.471. The summed E-state index contributed by atoms with van der Waals surface area (Å²) in [7, 11) is 0. The van der Waals surface area contributed by atoms with Crippen LogP contribution >= 0.6 is 0 Å². The minimum Gasteiger partial charge on any atom is -0.508 e. The standard InChI is InChI=1S/C14H17N3O2/c1-7-4-14(19)12(5-9(7)15)17-11-6-13(18)8(2)3-10(11)16/h3-6,17-19H,15-16H2,1-2H3. The van der Waals surface area contributed by atoms with Gasteiger partial charge in [0.05, 0.1) is 17.1 Å². The predicted octanol–water partition coefficient (Wildman–Crippen LogP) is 2.62. The van der Waals surface area contributed by atoms with Gasteiger partial charge in [0.1, 0.15) is 11.5 Å². The van der Waals surface area contributed by atoms with Crippen molar-refractivity contribution in [2.45, 2.75) is 13.8 Å². The fourth-order valence-corrected chi connectivity index (χ4v) is 1.78. The molecular weight excluding hydrogens is 242 g/mol. The molecular formula is C14H17N3O2. The van der Waals surface area contributed by atoms with Crippen LogP contribution in [0.4, 0.5) is 22.7 Å². The highest BCUT2D eigenvalue weighted by Crippen LogP contribution is 2.35. The average molecular weight is 259 g/mol. The number of nitrogens with two attached hydrogens (primary N) is 2. The molecule has 5 nitrogen and oxygen atoms in total. The Bertz CT molecular complexity index is 584. The molecule has 0 unspecified atom stereocenters. The topological polar surface area (TPSA) is 105 Å². The summed E-state index contributed by atoms with van der Waals surface area (Å²) in [5, 5.41) is 22.5. The first-order valence-corrected chi connectivity index (χ1v) is 5.83. The minimum absolute atomic E-state index is 0.0752. The molecule has 0 aliphatic rings. The van der Waals surface area contributed by atoms with E-state index in [4.69, 9.17) is 11.5 Å². The quantitative estimate of drug-likeness (QED) is 0.324. The summed E-state index contributed by atoms with van der Waals surface area (Å²) in [6.07, 6.45) is 0. The monoisotopic (exact) mass is 259 g/mol. The van der Waals surface area contributed by atoms with Crippen LogP contribution < -0.4 is 16.8 Å². The van der Waals surface area contributed by atoms with Gasteiger partial charge in [-0.1, -0.05) is 0 Å². The first-order chi connectivity index (χ1) is 8.88. The molecule has 2 aromatic carbocycles. The number of phenolic OH excluding ortho intramolecular Hbond substituents is 2. The molecule has 0 amide bonds. The van der Waals surface area contributed by atoms with E-state index >= 15 is 0 Å². The van der Waals surface area contributed by atoms with Crippen molar-refractivity contribution in [1.29, 1.82) is 0 Å². The highest BCUT2D eigenvalue weighted by Gasteiger charge is 2.09. The van der Waals surface area contributed by atoms with Gasteiger partial charge in [0.15, 0.2) is 0 Å². The number of rotatable bonds is 2. The fraction of sp³-hybridized carbons (Fsp3) is 0.143. The molecule has 0 aromatic heterocycles. The first kappa shape index (κ1) is 12.9. The van der Waals surface area contributed by atoms with Crippen LogP contribution in [0.3, 0.4) is 0 Å². The third-order valence-electron chi connectivity index (χ3n) is 3.02. The Morgan fingerprint density at radius 1 is 0.789 bits per heavy atom. The Kier molecular flexibility index (Phi) is 3.12. The van der Waals surface area contributed by atoms with E-state index in [0.29, 0.717) is 28.3 Å². The van der Waals surface area contributed by atoms with Gasteiger partial charge in [-0.3, -0.25) is 0 Å². The fourth-order valence-electron chi connectivity index (χ4n) is 1.78. The third kappa shape index (κ3) is 2.49. The van der Waals surface area contributed by atoms with E-state index < -0.39 is 0 Å². The Balaban J connectivity index is 2.42. The Morgan fingerprint density at radius 3 is 2.16 bits per heavy atom. The zero-order valence-electron chi connectivity index (χ0n) is 10.9. The Morgan fingerprint density at radius 2 is 1.47 bits per heavy atom. The lowest BCUT2D eigenvalue weighted by Crippen LogP contribution is -1.99. The van der Waals surface area contributed by atoms with E-state index in [1.54, 1.807) is 25.1 Å². The zero-order valence-corrected chi connectivity index (χ0v) is 10.9. The van der Waals surface area contributed by atoms with Crippen LogP contribution in [0.15, 0.2) is 24.3 Å². The summed E-state index contributed by atoms with van der Waals surface area (Å²) < 4.78 is 0. The predicted molar refractivity (Wildman–Crippen MR) is 77.8 cm³/mol. The SMILES string of the molecule is Cc1cc(O)c(Nc2cc(O)c(C)cc2N)cc1N. The molecule has 5 heteroatoms. The number of benzene rings is 2. The Hall–Kier alpha value is -2.56.